The Morgan fingerprint density at radius 1 is 0.722 bits per heavy atom. The van der Waals surface area contributed by atoms with Crippen molar-refractivity contribution in [2.45, 2.75) is 45.4 Å². The molecular weight excluding hydrogens is 228 g/mol. The summed E-state index contributed by atoms with van der Waals surface area (Å²) in [5, 5.41) is 0. The lowest BCUT2D eigenvalue weighted by atomic mass is 10.1. The van der Waals surface area contributed by atoms with Crippen LogP contribution in [0.1, 0.15) is 45.4 Å². The van der Waals surface area contributed by atoms with Crippen LogP contribution in [0.25, 0.3) is 0 Å². The van der Waals surface area contributed by atoms with Crippen LogP contribution in [0.4, 0.5) is 0 Å². The van der Waals surface area contributed by atoms with Crippen molar-refractivity contribution >= 4 is 0 Å². The molecule has 0 heterocycles. The lowest BCUT2D eigenvalue weighted by Crippen LogP contribution is -2.09. The zero-order valence-corrected chi connectivity index (χ0v) is 12.0. The number of unbranched alkanes of at least 4 members (excludes halogenated alkanes) is 5. The molecule has 0 saturated carbocycles. The molecule has 0 spiro atoms. The highest BCUT2D eigenvalue weighted by atomic mass is 16.5. The zero-order valence-electron chi connectivity index (χ0n) is 12.0. The van der Waals surface area contributed by atoms with E-state index in [1.807, 2.05) is 0 Å². The van der Waals surface area contributed by atoms with Gasteiger partial charge in [0, 0.05) is 6.61 Å². The Labute approximate surface area is 112 Å². The first-order chi connectivity index (χ1) is 8.91. The second-order valence-corrected chi connectivity index (χ2v) is 4.36. The molecule has 108 valence electrons. The topological polar surface area (TPSA) is 27.7 Å². The SMILES string of the molecule is C=CCOCCOCCOCCCCCCCC. The first kappa shape index (κ1) is 17.6. The maximum Gasteiger partial charge on any atom is 0.0704 e. The second kappa shape index (κ2) is 16.6. The van der Waals surface area contributed by atoms with Gasteiger partial charge in [-0.15, -0.1) is 6.58 Å². The van der Waals surface area contributed by atoms with Gasteiger partial charge < -0.3 is 14.2 Å². The zero-order chi connectivity index (χ0) is 13.3. The first-order valence-corrected chi connectivity index (χ1v) is 7.26. The second-order valence-electron chi connectivity index (χ2n) is 4.36. The van der Waals surface area contributed by atoms with Crippen LogP contribution in [0.15, 0.2) is 12.7 Å². The van der Waals surface area contributed by atoms with Crippen LogP contribution in [-0.2, 0) is 14.2 Å². The summed E-state index contributed by atoms with van der Waals surface area (Å²) in [6.45, 7) is 9.89. The molecule has 0 radical (unpaired) electrons. The number of hydrogen-bond donors (Lipinski definition) is 0. The molecule has 0 N–H and O–H groups in total. The fourth-order valence-corrected chi connectivity index (χ4v) is 1.59. The van der Waals surface area contributed by atoms with Gasteiger partial charge in [0.15, 0.2) is 0 Å². The van der Waals surface area contributed by atoms with E-state index in [1.54, 1.807) is 6.08 Å². The summed E-state index contributed by atoms with van der Waals surface area (Å²) in [5.41, 5.74) is 0. The van der Waals surface area contributed by atoms with Crippen molar-refractivity contribution in [1.82, 2.24) is 0 Å². The molecule has 0 aliphatic carbocycles. The molecule has 0 amide bonds. The average molecular weight is 258 g/mol. The molecule has 0 fully saturated rings. The average Bonchev–Trinajstić information content (AvgIpc) is 2.39. The molecular formula is C15H30O3. The summed E-state index contributed by atoms with van der Waals surface area (Å²) in [6.07, 6.45) is 9.58. The Morgan fingerprint density at radius 3 is 1.94 bits per heavy atom. The summed E-state index contributed by atoms with van der Waals surface area (Å²) in [4.78, 5) is 0. The van der Waals surface area contributed by atoms with Crippen LogP contribution in [0, 0.1) is 0 Å². The number of hydrogen-bond acceptors (Lipinski definition) is 3. The number of ether oxygens (including phenoxy) is 3. The van der Waals surface area contributed by atoms with Gasteiger partial charge in [0.2, 0.25) is 0 Å². The number of rotatable bonds is 15. The van der Waals surface area contributed by atoms with Gasteiger partial charge in [-0.1, -0.05) is 45.1 Å². The van der Waals surface area contributed by atoms with Gasteiger partial charge in [-0.3, -0.25) is 0 Å². The highest BCUT2D eigenvalue weighted by Gasteiger charge is 1.92. The molecule has 0 aromatic carbocycles. The third-order valence-corrected chi connectivity index (χ3v) is 2.62. The largest absolute Gasteiger partial charge is 0.379 e. The standard InChI is InChI=1S/C15H30O3/c1-3-5-6-7-8-9-11-17-13-15-18-14-12-16-10-4-2/h4H,2-3,5-15H2,1H3. The van der Waals surface area contributed by atoms with E-state index in [9.17, 15) is 0 Å². The molecule has 0 aromatic heterocycles. The molecule has 3 heteroatoms. The minimum Gasteiger partial charge on any atom is -0.379 e. The van der Waals surface area contributed by atoms with Crippen molar-refractivity contribution in [3.05, 3.63) is 12.7 Å². The summed E-state index contributed by atoms with van der Waals surface area (Å²) in [5.74, 6) is 0. The maximum atomic E-state index is 5.49. The lowest BCUT2D eigenvalue weighted by molar-refractivity contribution is 0.0188. The molecule has 0 bridgehead atoms. The smallest absolute Gasteiger partial charge is 0.0704 e. The molecule has 0 aliphatic heterocycles. The first-order valence-electron chi connectivity index (χ1n) is 7.26. The highest BCUT2D eigenvalue weighted by Crippen LogP contribution is 2.04. The monoisotopic (exact) mass is 258 g/mol. The van der Waals surface area contributed by atoms with Gasteiger partial charge in [-0.05, 0) is 6.42 Å². The van der Waals surface area contributed by atoms with Gasteiger partial charge in [0.05, 0.1) is 33.0 Å². The van der Waals surface area contributed by atoms with Crippen molar-refractivity contribution in [2.75, 3.05) is 39.6 Å². The van der Waals surface area contributed by atoms with E-state index in [0.717, 1.165) is 6.61 Å². The Balaban J connectivity index is 2.88. The van der Waals surface area contributed by atoms with Gasteiger partial charge in [0.25, 0.3) is 0 Å². The van der Waals surface area contributed by atoms with Crippen molar-refractivity contribution in [1.29, 1.82) is 0 Å². The van der Waals surface area contributed by atoms with Crippen molar-refractivity contribution in [2.24, 2.45) is 0 Å². The lowest BCUT2D eigenvalue weighted by Gasteiger charge is -2.06. The Hall–Kier alpha value is -0.380. The fraction of sp³-hybridized carbons (Fsp3) is 0.867. The third-order valence-electron chi connectivity index (χ3n) is 2.62. The molecule has 0 aromatic rings. The van der Waals surface area contributed by atoms with Crippen LogP contribution in [-0.4, -0.2) is 39.6 Å². The maximum absolute atomic E-state index is 5.49. The summed E-state index contributed by atoms with van der Waals surface area (Å²) in [6, 6.07) is 0. The molecule has 0 saturated heterocycles. The molecule has 0 aliphatic rings. The molecule has 18 heavy (non-hydrogen) atoms. The predicted octanol–water partition coefficient (Wildman–Crippen LogP) is 3.58. The van der Waals surface area contributed by atoms with E-state index < -0.39 is 0 Å². The quantitative estimate of drug-likeness (QED) is 0.332. The van der Waals surface area contributed by atoms with Gasteiger partial charge in [-0.2, -0.15) is 0 Å². The van der Waals surface area contributed by atoms with E-state index >= 15 is 0 Å². The van der Waals surface area contributed by atoms with Crippen LogP contribution >= 0.6 is 0 Å². The summed E-state index contributed by atoms with van der Waals surface area (Å²) >= 11 is 0. The van der Waals surface area contributed by atoms with Crippen LogP contribution in [0.3, 0.4) is 0 Å². The van der Waals surface area contributed by atoms with E-state index in [4.69, 9.17) is 14.2 Å². The van der Waals surface area contributed by atoms with Crippen LogP contribution in [0.2, 0.25) is 0 Å². The summed E-state index contributed by atoms with van der Waals surface area (Å²) < 4.78 is 16.0. The van der Waals surface area contributed by atoms with E-state index in [1.165, 1.54) is 38.5 Å². The Morgan fingerprint density at radius 2 is 1.28 bits per heavy atom. The van der Waals surface area contributed by atoms with Crippen molar-refractivity contribution in [3.8, 4) is 0 Å². The van der Waals surface area contributed by atoms with E-state index in [2.05, 4.69) is 13.5 Å². The minimum absolute atomic E-state index is 0.595. The molecule has 0 unspecified atom stereocenters. The van der Waals surface area contributed by atoms with E-state index in [0.29, 0.717) is 33.0 Å². The normalized spacial score (nSPS) is 10.7. The predicted molar refractivity (Wildman–Crippen MR) is 76.0 cm³/mol. The van der Waals surface area contributed by atoms with Gasteiger partial charge >= 0.3 is 0 Å². The molecule has 3 nitrogen and oxygen atoms in total. The Bertz CT molecular complexity index is 160. The van der Waals surface area contributed by atoms with E-state index in [-0.39, 0.29) is 0 Å². The third kappa shape index (κ3) is 15.6. The van der Waals surface area contributed by atoms with Gasteiger partial charge in [-0.25, -0.2) is 0 Å². The van der Waals surface area contributed by atoms with Crippen LogP contribution < -0.4 is 0 Å². The minimum atomic E-state index is 0.595. The molecule has 0 atom stereocenters. The fourth-order valence-electron chi connectivity index (χ4n) is 1.59. The van der Waals surface area contributed by atoms with Crippen molar-refractivity contribution < 1.29 is 14.2 Å². The van der Waals surface area contributed by atoms with Crippen molar-refractivity contribution in [3.63, 3.8) is 0 Å². The highest BCUT2D eigenvalue weighted by molar-refractivity contribution is 4.63. The van der Waals surface area contributed by atoms with Crippen LogP contribution in [0.5, 0.6) is 0 Å². The molecule has 0 rings (SSSR count). The summed E-state index contributed by atoms with van der Waals surface area (Å²) in [7, 11) is 0. The van der Waals surface area contributed by atoms with Gasteiger partial charge in [0.1, 0.15) is 0 Å². The Kier molecular flexibility index (Phi) is 16.3.